The molecule has 0 N–H and O–H groups in total. The molecule has 0 aromatic heterocycles. The van der Waals surface area contributed by atoms with Crippen LogP contribution in [0.15, 0.2) is 17.0 Å². The summed E-state index contributed by atoms with van der Waals surface area (Å²) >= 11 is 4.38. The SMILES string of the molecule is Cc1ccc(C)c(S)c1C. The third-order valence-corrected chi connectivity index (χ3v) is 2.59. The summed E-state index contributed by atoms with van der Waals surface area (Å²) in [4.78, 5) is 1.12. The summed E-state index contributed by atoms with van der Waals surface area (Å²) in [5, 5.41) is 0. The number of thiol groups is 1. The highest BCUT2D eigenvalue weighted by Crippen LogP contribution is 2.20. The summed E-state index contributed by atoms with van der Waals surface area (Å²) in [5.41, 5.74) is 3.87. The molecule has 0 amide bonds. The molecule has 1 rings (SSSR count). The number of aryl methyl sites for hydroxylation is 2. The van der Waals surface area contributed by atoms with Gasteiger partial charge in [-0.25, -0.2) is 0 Å². The maximum absolute atomic E-state index is 4.38. The molecule has 0 spiro atoms. The summed E-state index contributed by atoms with van der Waals surface area (Å²) in [6.45, 7) is 6.29. The Bertz CT molecular complexity index is 224. The van der Waals surface area contributed by atoms with Crippen LogP contribution in [-0.4, -0.2) is 0 Å². The van der Waals surface area contributed by atoms with Gasteiger partial charge in [0.25, 0.3) is 0 Å². The van der Waals surface area contributed by atoms with Crippen LogP contribution < -0.4 is 0 Å². The third-order valence-electron chi connectivity index (χ3n) is 1.90. The first-order valence-corrected chi connectivity index (χ1v) is 3.83. The van der Waals surface area contributed by atoms with Crippen LogP contribution in [0.5, 0.6) is 0 Å². The average molecular weight is 152 g/mol. The zero-order valence-electron chi connectivity index (χ0n) is 6.60. The van der Waals surface area contributed by atoms with Crippen LogP contribution in [0.1, 0.15) is 16.7 Å². The van der Waals surface area contributed by atoms with Crippen molar-refractivity contribution in [1.82, 2.24) is 0 Å². The normalized spacial score (nSPS) is 10.0. The van der Waals surface area contributed by atoms with Crippen molar-refractivity contribution in [3.63, 3.8) is 0 Å². The molecular formula is C9H12S. The minimum atomic E-state index is 1.12. The molecule has 0 heterocycles. The number of hydrogen-bond donors (Lipinski definition) is 1. The molecule has 0 aliphatic heterocycles. The van der Waals surface area contributed by atoms with Gasteiger partial charge in [0.1, 0.15) is 0 Å². The van der Waals surface area contributed by atoms with Gasteiger partial charge in [-0.3, -0.25) is 0 Å². The quantitative estimate of drug-likeness (QED) is 0.543. The molecule has 0 radical (unpaired) electrons. The number of hydrogen-bond acceptors (Lipinski definition) is 1. The molecule has 0 unspecified atom stereocenters. The molecule has 0 atom stereocenters. The third kappa shape index (κ3) is 1.19. The summed E-state index contributed by atoms with van der Waals surface area (Å²) in [5.74, 6) is 0. The predicted molar refractivity (Wildman–Crippen MR) is 47.9 cm³/mol. The van der Waals surface area contributed by atoms with E-state index in [0.29, 0.717) is 0 Å². The zero-order chi connectivity index (χ0) is 7.72. The fourth-order valence-corrected chi connectivity index (χ4v) is 1.19. The van der Waals surface area contributed by atoms with Gasteiger partial charge in [-0.1, -0.05) is 12.1 Å². The lowest BCUT2D eigenvalue weighted by molar-refractivity contribution is 1.18. The minimum absolute atomic E-state index is 1.12. The second-order valence-electron chi connectivity index (χ2n) is 2.67. The molecule has 0 fully saturated rings. The molecule has 0 saturated carbocycles. The van der Waals surface area contributed by atoms with Gasteiger partial charge in [0.05, 0.1) is 0 Å². The first-order valence-electron chi connectivity index (χ1n) is 3.38. The molecule has 10 heavy (non-hydrogen) atoms. The van der Waals surface area contributed by atoms with Crippen LogP contribution >= 0.6 is 12.6 Å². The molecule has 0 saturated heterocycles. The summed E-state index contributed by atoms with van der Waals surface area (Å²) in [7, 11) is 0. The van der Waals surface area contributed by atoms with E-state index in [1.807, 2.05) is 0 Å². The Balaban J connectivity index is 3.34. The second-order valence-corrected chi connectivity index (χ2v) is 3.12. The van der Waals surface area contributed by atoms with Crippen LogP contribution in [0, 0.1) is 20.8 Å². The van der Waals surface area contributed by atoms with E-state index in [-0.39, 0.29) is 0 Å². The molecule has 1 aromatic rings. The van der Waals surface area contributed by atoms with Crippen LogP contribution in [0.3, 0.4) is 0 Å². The van der Waals surface area contributed by atoms with E-state index in [2.05, 4.69) is 45.5 Å². The highest BCUT2D eigenvalue weighted by atomic mass is 32.1. The van der Waals surface area contributed by atoms with E-state index in [4.69, 9.17) is 0 Å². The monoisotopic (exact) mass is 152 g/mol. The average Bonchev–Trinajstić information content (AvgIpc) is 1.93. The molecule has 0 aliphatic rings. The van der Waals surface area contributed by atoms with Gasteiger partial charge in [-0.05, 0) is 37.5 Å². The maximum Gasteiger partial charge on any atom is 0.0101 e. The standard InChI is InChI=1S/C9H12S/c1-6-4-5-7(2)9(10)8(6)3/h4-5,10H,1-3H3. The molecule has 1 aromatic carbocycles. The smallest absolute Gasteiger partial charge is 0.0101 e. The minimum Gasteiger partial charge on any atom is -0.143 e. The van der Waals surface area contributed by atoms with Crippen molar-refractivity contribution in [3.05, 3.63) is 28.8 Å². The van der Waals surface area contributed by atoms with Gasteiger partial charge >= 0.3 is 0 Å². The Morgan fingerprint density at radius 1 is 1.00 bits per heavy atom. The lowest BCUT2D eigenvalue weighted by Crippen LogP contribution is -1.85. The van der Waals surface area contributed by atoms with Crippen LogP contribution in [0.4, 0.5) is 0 Å². The van der Waals surface area contributed by atoms with E-state index < -0.39 is 0 Å². The Hall–Kier alpha value is -0.430. The van der Waals surface area contributed by atoms with Gasteiger partial charge in [0, 0.05) is 4.90 Å². The summed E-state index contributed by atoms with van der Waals surface area (Å²) < 4.78 is 0. The van der Waals surface area contributed by atoms with Crippen LogP contribution in [-0.2, 0) is 0 Å². The van der Waals surface area contributed by atoms with Gasteiger partial charge < -0.3 is 0 Å². The second kappa shape index (κ2) is 2.67. The van der Waals surface area contributed by atoms with E-state index >= 15 is 0 Å². The molecule has 0 aliphatic carbocycles. The lowest BCUT2D eigenvalue weighted by atomic mass is 10.1. The molecular weight excluding hydrogens is 140 g/mol. The van der Waals surface area contributed by atoms with Gasteiger partial charge in [-0.2, -0.15) is 0 Å². The van der Waals surface area contributed by atoms with E-state index in [0.717, 1.165) is 4.90 Å². The van der Waals surface area contributed by atoms with Gasteiger partial charge in [0.2, 0.25) is 0 Å². The van der Waals surface area contributed by atoms with Crippen molar-refractivity contribution in [1.29, 1.82) is 0 Å². The summed E-state index contributed by atoms with van der Waals surface area (Å²) in [6.07, 6.45) is 0. The highest BCUT2D eigenvalue weighted by Gasteiger charge is 1.98. The number of benzene rings is 1. The topological polar surface area (TPSA) is 0 Å². The van der Waals surface area contributed by atoms with Crippen molar-refractivity contribution in [2.75, 3.05) is 0 Å². The molecule has 0 bridgehead atoms. The first-order chi connectivity index (χ1) is 4.63. The van der Waals surface area contributed by atoms with Crippen LogP contribution in [0.2, 0.25) is 0 Å². The van der Waals surface area contributed by atoms with E-state index in [1.54, 1.807) is 0 Å². The van der Waals surface area contributed by atoms with Crippen LogP contribution in [0.25, 0.3) is 0 Å². The predicted octanol–water partition coefficient (Wildman–Crippen LogP) is 2.90. The lowest BCUT2D eigenvalue weighted by Gasteiger charge is -2.05. The largest absolute Gasteiger partial charge is 0.143 e. The Morgan fingerprint density at radius 2 is 1.50 bits per heavy atom. The van der Waals surface area contributed by atoms with Crippen molar-refractivity contribution < 1.29 is 0 Å². The first kappa shape index (κ1) is 7.67. The molecule has 0 nitrogen and oxygen atoms in total. The number of rotatable bonds is 0. The molecule has 54 valence electrons. The van der Waals surface area contributed by atoms with Crippen molar-refractivity contribution in [2.24, 2.45) is 0 Å². The Labute approximate surface area is 67.7 Å². The van der Waals surface area contributed by atoms with Crippen molar-refractivity contribution in [3.8, 4) is 0 Å². The Kier molecular flexibility index (Phi) is 2.05. The van der Waals surface area contributed by atoms with Crippen molar-refractivity contribution in [2.45, 2.75) is 25.7 Å². The maximum atomic E-state index is 4.38. The highest BCUT2D eigenvalue weighted by molar-refractivity contribution is 7.80. The van der Waals surface area contributed by atoms with Crippen molar-refractivity contribution >= 4 is 12.6 Å². The molecule has 1 heteroatoms. The van der Waals surface area contributed by atoms with E-state index in [1.165, 1.54) is 16.7 Å². The van der Waals surface area contributed by atoms with Gasteiger partial charge in [0.15, 0.2) is 0 Å². The fraction of sp³-hybridized carbons (Fsp3) is 0.333. The van der Waals surface area contributed by atoms with E-state index in [9.17, 15) is 0 Å². The Morgan fingerprint density at radius 3 is 2.00 bits per heavy atom. The summed E-state index contributed by atoms with van der Waals surface area (Å²) in [6, 6.07) is 4.23. The zero-order valence-corrected chi connectivity index (χ0v) is 7.50. The fourth-order valence-electron chi connectivity index (χ4n) is 0.936. The van der Waals surface area contributed by atoms with Gasteiger partial charge in [-0.15, -0.1) is 12.6 Å².